The van der Waals surface area contributed by atoms with Crippen LogP contribution in [0.15, 0.2) is 60.3 Å². The number of hydrogen-bond donors (Lipinski definition) is 1. The first kappa shape index (κ1) is 23.5. The van der Waals surface area contributed by atoms with Gasteiger partial charge in [0.2, 0.25) is 5.91 Å². The summed E-state index contributed by atoms with van der Waals surface area (Å²) in [6.07, 6.45) is 3.78. The number of rotatable bonds is 11. The van der Waals surface area contributed by atoms with Crippen LogP contribution in [0, 0.1) is 11.6 Å². The Hall–Kier alpha value is -3.20. The van der Waals surface area contributed by atoms with Crippen molar-refractivity contribution < 1.29 is 18.3 Å². The highest BCUT2D eigenvalue weighted by Crippen LogP contribution is 2.26. The van der Waals surface area contributed by atoms with Crippen LogP contribution in [-0.2, 0) is 11.3 Å². The SMILES string of the molecule is C=CCn1c(SCC(=O)Nc2ccc(F)cc2F)nnc1-c1ccc(OCCCC)cc1. The number of allylic oxidation sites excluding steroid dienone is 1. The predicted octanol–water partition coefficient (Wildman–Crippen LogP) is 5.32. The van der Waals surface area contributed by atoms with Crippen molar-refractivity contribution in [3.8, 4) is 17.1 Å². The minimum absolute atomic E-state index is 0.0176. The summed E-state index contributed by atoms with van der Waals surface area (Å²) in [7, 11) is 0. The maximum Gasteiger partial charge on any atom is 0.234 e. The first-order valence-corrected chi connectivity index (χ1v) is 11.2. The molecular weight excluding hydrogens is 434 g/mol. The third kappa shape index (κ3) is 6.16. The van der Waals surface area contributed by atoms with Gasteiger partial charge in [0.05, 0.1) is 18.0 Å². The number of aromatic nitrogens is 3. The van der Waals surface area contributed by atoms with Gasteiger partial charge in [-0.3, -0.25) is 9.36 Å². The van der Waals surface area contributed by atoms with Crippen LogP contribution in [0.5, 0.6) is 5.75 Å². The van der Waals surface area contributed by atoms with Gasteiger partial charge in [-0.2, -0.15) is 0 Å². The van der Waals surface area contributed by atoms with Crippen molar-refractivity contribution in [2.75, 3.05) is 17.7 Å². The van der Waals surface area contributed by atoms with Gasteiger partial charge in [0.1, 0.15) is 17.4 Å². The van der Waals surface area contributed by atoms with Crippen molar-refractivity contribution in [2.45, 2.75) is 31.5 Å². The molecule has 0 bridgehead atoms. The van der Waals surface area contributed by atoms with Crippen LogP contribution in [0.1, 0.15) is 19.8 Å². The number of hydrogen-bond acceptors (Lipinski definition) is 5. The molecule has 0 aliphatic rings. The molecule has 2 aromatic carbocycles. The van der Waals surface area contributed by atoms with Gasteiger partial charge in [-0.05, 0) is 42.8 Å². The minimum Gasteiger partial charge on any atom is -0.494 e. The Balaban J connectivity index is 1.67. The Morgan fingerprint density at radius 2 is 2.00 bits per heavy atom. The highest BCUT2D eigenvalue weighted by atomic mass is 32.2. The molecule has 0 radical (unpaired) electrons. The van der Waals surface area contributed by atoms with E-state index in [2.05, 4.69) is 29.0 Å². The van der Waals surface area contributed by atoms with Gasteiger partial charge in [0.25, 0.3) is 0 Å². The summed E-state index contributed by atoms with van der Waals surface area (Å²) < 4.78 is 34.3. The van der Waals surface area contributed by atoms with E-state index in [1.54, 1.807) is 6.08 Å². The molecule has 0 aliphatic carbocycles. The molecule has 9 heteroatoms. The third-order valence-electron chi connectivity index (χ3n) is 4.45. The van der Waals surface area contributed by atoms with Crippen LogP contribution >= 0.6 is 11.8 Å². The predicted molar refractivity (Wildman–Crippen MR) is 122 cm³/mol. The van der Waals surface area contributed by atoms with Crippen molar-refractivity contribution in [1.82, 2.24) is 14.8 Å². The smallest absolute Gasteiger partial charge is 0.234 e. The van der Waals surface area contributed by atoms with E-state index in [0.717, 1.165) is 48.0 Å². The van der Waals surface area contributed by atoms with Gasteiger partial charge in [0.15, 0.2) is 11.0 Å². The molecule has 0 saturated carbocycles. The first-order chi connectivity index (χ1) is 15.5. The first-order valence-electron chi connectivity index (χ1n) is 10.2. The fraction of sp³-hybridized carbons (Fsp3) is 0.261. The number of thioether (sulfide) groups is 1. The van der Waals surface area contributed by atoms with Crippen LogP contribution in [0.2, 0.25) is 0 Å². The second-order valence-corrected chi connectivity index (χ2v) is 7.84. The van der Waals surface area contributed by atoms with Crippen LogP contribution < -0.4 is 10.1 Å². The molecule has 3 aromatic rings. The number of unbranched alkanes of at least 4 members (excludes halogenated alkanes) is 1. The molecule has 1 N–H and O–H groups in total. The Labute approximate surface area is 189 Å². The number of carbonyl (C=O) groups excluding carboxylic acids is 1. The summed E-state index contributed by atoms with van der Waals surface area (Å²) in [6, 6.07) is 10.6. The molecule has 1 aromatic heterocycles. The van der Waals surface area contributed by atoms with Crippen molar-refractivity contribution in [3.05, 3.63) is 66.8 Å². The van der Waals surface area contributed by atoms with Crippen LogP contribution in [0.4, 0.5) is 14.5 Å². The molecule has 0 atom stereocenters. The normalized spacial score (nSPS) is 10.7. The monoisotopic (exact) mass is 458 g/mol. The Kier molecular flexibility index (Phi) is 8.38. The van der Waals surface area contributed by atoms with Gasteiger partial charge in [-0.1, -0.05) is 31.2 Å². The lowest BCUT2D eigenvalue weighted by Gasteiger charge is -2.09. The van der Waals surface area contributed by atoms with Crippen molar-refractivity contribution in [1.29, 1.82) is 0 Å². The highest BCUT2D eigenvalue weighted by molar-refractivity contribution is 7.99. The maximum atomic E-state index is 13.7. The lowest BCUT2D eigenvalue weighted by atomic mass is 10.2. The number of ether oxygens (including phenoxy) is 1. The third-order valence-corrected chi connectivity index (χ3v) is 5.41. The lowest BCUT2D eigenvalue weighted by Crippen LogP contribution is -2.15. The van der Waals surface area contributed by atoms with Crippen molar-refractivity contribution >= 4 is 23.4 Å². The zero-order valence-corrected chi connectivity index (χ0v) is 18.5. The molecule has 0 fully saturated rings. The van der Waals surface area contributed by atoms with Crippen LogP contribution in [-0.4, -0.2) is 33.0 Å². The Morgan fingerprint density at radius 1 is 1.22 bits per heavy atom. The van der Waals surface area contributed by atoms with Gasteiger partial charge < -0.3 is 10.1 Å². The highest BCUT2D eigenvalue weighted by Gasteiger charge is 2.16. The van der Waals surface area contributed by atoms with E-state index in [4.69, 9.17) is 4.74 Å². The Morgan fingerprint density at radius 3 is 2.69 bits per heavy atom. The topological polar surface area (TPSA) is 69.0 Å². The quantitative estimate of drug-likeness (QED) is 0.239. The summed E-state index contributed by atoms with van der Waals surface area (Å²) in [5, 5.41) is 11.4. The molecule has 1 heterocycles. The molecule has 0 spiro atoms. The summed E-state index contributed by atoms with van der Waals surface area (Å²) in [4.78, 5) is 12.2. The average molecular weight is 459 g/mol. The van der Waals surface area contributed by atoms with E-state index in [9.17, 15) is 13.6 Å². The van der Waals surface area contributed by atoms with E-state index in [1.165, 1.54) is 6.07 Å². The largest absolute Gasteiger partial charge is 0.494 e. The average Bonchev–Trinajstić information content (AvgIpc) is 3.18. The van der Waals surface area contributed by atoms with Crippen molar-refractivity contribution in [3.63, 3.8) is 0 Å². The van der Waals surface area contributed by atoms with E-state index in [1.807, 2.05) is 28.8 Å². The molecule has 6 nitrogen and oxygen atoms in total. The maximum absolute atomic E-state index is 13.7. The molecule has 1 amide bonds. The standard InChI is InChI=1S/C23H24F2N4O2S/c1-3-5-13-31-18-9-6-16(7-10-18)22-27-28-23(29(22)12-4-2)32-15-21(30)26-20-11-8-17(24)14-19(20)25/h4,6-11,14H,2-3,5,12-13,15H2,1H3,(H,26,30). The minimum atomic E-state index is -0.831. The zero-order chi connectivity index (χ0) is 22.9. The summed E-state index contributed by atoms with van der Waals surface area (Å²) in [5.74, 6) is -0.573. The molecule has 0 saturated heterocycles. The van der Waals surface area contributed by atoms with Gasteiger partial charge in [0, 0.05) is 18.2 Å². The number of nitrogens with zero attached hydrogens (tertiary/aromatic N) is 3. The molecule has 0 aliphatic heterocycles. The second kappa shape index (κ2) is 11.4. The number of amides is 1. The van der Waals surface area contributed by atoms with E-state index >= 15 is 0 Å². The zero-order valence-electron chi connectivity index (χ0n) is 17.7. The number of halogens is 2. The number of carbonyl (C=O) groups is 1. The lowest BCUT2D eigenvalue weighted by molar-refractivity contribution is -0.113. The molecule has 32 heavy (non-hydrogen) atoms. The van der Waals surface area contributed by atoms with Crippen LogP contribution in [0.25, 0.3) is 11.4 Å². The van der Waals surface area contributed by atoms with E-state index in [-0.39, 0.29) is 11.4 Å². The molecule has 0 unspecified atom stereocenters. The second-order valence-electron chi connectivity index (χ2n) is 6.89. The summed E-state index contributed by atoms with van der Waals surface area (Å²) >= 11 is 1.16. The summed E-state index contributed by atoms with van der Waals surface area (Å²) in [6.45, 7) is 7.01. The van der Waals surface area contributed by atoms with Gasteiger partial charge in [-0.15, -0.1) is 16.8 Å². The fourth-order valence-electron chi connectivity index (χ4n) is 2.84. The fourth-order valence-corrected chi connectivity index (χ4v) is 3.59. The number of nitrogens with one attached hydrogen (secondary N) is 1. The number of benzene rings is 2. The van der Waals surface area contributed by atoms with Gasteiger partial charge in [-0.25, -0.2) is 8.78 Å². The summed E-state index contributed by atoms with van der Waals surface area (Å²) in [5.41, 5.74) is 0.776. The number of anilines is 1. The van der Waals surface area contributed by atoms with Crippen molar-refractivity contribution in [2.24, 2.45) is 0 Å². The van der Waals surface area contributed by atoms with E-state index in [0.29, 0.717) is 24.1 Å². The molecule has 168 valence electrons. The van der Waals surface area contributed by atoms with Crippen LogP contribution in [0.3, 0.4) is 0 Å². The van der Waals surface area contributed by atoms with E-state index < -0.39 is 17.5 Å². The Bertz CT molecular complexity index is 1070. The van der Waals surface area contributed by atoms with Gasteiger partial charge >= 0.3 is 0 Å². The molecular formula is C23H24F2N4O2S. The molecule has 3 rings (SSSR count).